The predicted molar refractivity (Wildman–Crippen MR) is 54.4 cm³/mol. The van der Waals surface area contributed by atoms with Crippen LogP contribution in [0.25, 0.3) is 0 Å². The summed E-state index contributed by atoms with van der Waals surface area (Å²) in [5.41, 5.74) is 1.23. The van der Waals surface area contributed by atoms with Crippen molar-refractivity contribution in [3.63, 3.8) is 0 Å². The summed E-state index contributed by atoms with van der Waals surface area (Å²) >= 11 is 0. The Morgan fingerprint density at radius 3 is 3.17 bits per heavy atom. The summed E-state index contributed by atoms with van der Waals surface area (Å²) in [6.45, 7) is 4.46. The zero-order chi connectivity index (χ0) is 8.81. The lowest BCUT2D eigenvalue weighted by atomic mass is 10.0. The van der Waals surface area contributed by atoms with Crippen LogP contribution in [0.1, 0.15) is 33.1 Å². The number of hydrogen-bond acceptors (Lipinski definition) is 1. The number of allylic oxidation sites excluding steroid dienone is 4. The van der Waals surface area contributed by atoms with Gasteiger partial charge in [-0.15, -0.1) is 0 Å². The van der Waals surface area contributed by atoms with Crippen LogP contribution in [0.2, 0.25) is 0 Å². The molecule has 0 bridgehead atoms. The maximum absolute atomic E-state index is 4.42. The molecule has 0 N–H and O–H groups in total. The Bertz CT molecular complexity index is 211. The Morgan fingerprint density at radius 1 is 1.58 bits per heavy atom. The number of nitrogens with zero attached hydrogens (tertiary/aromatic N) is 1. The van der Waals surface area contributed by atoms with E-state index in [4.69, 9.17) is 0 Å². The van der Waals surface area contributed by atoms with Crippen molar-refractivity contribution in [1.82, 2.24) is 0 Å². The van der Waals surface area contributed by atoms with Gasteiger partial charge in [0.05, 0.1) is 0 Å². The van der Waals surface area contributed by atoms with E-state index in [1.54, 1.807) is 0 Å². The first-order valence-corrected chi connectivity index (χ1v) is 4.74. The first-order chi connectivity index (χ1) is 5.84. The molecule has 1 aliphatic rings. The van der Waals surface area contributed by atoms with Crippen LogP contribution in [0.4, 0.5) is 0 Å². The highest BCUT2D eigenvalue weighted by atomic mass is 14.7. The van der Waals surface area contributed by atoms with E-state index in [1.807, 2.05) is 6.21 Å². The molecule has 1 aliphatic heterocycles. The summed E-state index contributed by atoms with van der Waals surface area (Å²) in [5, 5.41) is 0. The van der Waals surface area contributed by atoms with Crippen LogP contribution in [-0.4, -0.2) is 6.21 Å². The van der Waals surface area contributed by atoms with E-state index in [0.717, 1.165) is 6.42 Å². The molecule has 12 heavy (non-hydrogen) atoms. The van der Waals surface area contributed by atoms with Gasteiger partial charge in [-0.3, -0.25) is 4.99 Å². The van der Waals surface area contributed by atoms with Gasteiger partial charge in [0, 0.05) is 18.3 Å². The van der Waals surface area contributed by atoms with Crippen LogP contribution in [-0.2, 0) is 0 Å². The highest BCUT2D eigenvalue weighted by Gasteiger charge is 2.05. The molecule has 0 saturated carbocycles. The minimum atomic E-state index is 0.606. The molecule has 0 aromatic carbocycles. The van der Waals surface area contributed by atoms with Gasteiger partial charge in [-0.1, -0.05) is 32.4 Å². The standard InChI is InChI=1S/C11H17N/c1-3-7-10(2)11-8-5-4-6-9-12-11/h4-5,8-10H,3,6-7H2,1-2H3. The van der Waals surface area contributed by atoms with E-state index in [-0.39, 0.29) is 0 Å². The van der Waals surface area contributed by atoms with Gasteiger partial charge in [0.2, 0.25) is 0 Å². The zero-order valence-electron chi connectivity index (χ0n) is 7.96. The molecule has 0 saturated heterocycles. The second kappa shape index (κ2) is 4.91. The first-order valence-electron chi connectivity index (χ1n) is 4.74. The van der Waals surface area contributed by atoms with E-state index >= 15 is 0 Å². The maximum Gasteiger partial charge on any atom is 0.0427 e. The first kappa shape index (κ1) is 9.24. The van der Waals surface area contributed by atoms with Crippen molar-refractivity contribution in [2.75, 3.05) is 0 Å². The summed E-state index contributed by atoms with van der Waals surface area (Å²) in [7, 11) is 0. The van der Waals surface area contributed by atoms with Crippen molar-refractivity contribution in [2.24, 2.45) is 10.9 Å². The molecule has 1 atom stereocenters. The van der Waals surface area contributed by atoms with Gasteiger partial charge in [0.25, 0.3) is 0 Å². The lowest BCUT2D eigenvalue weighted by molar-refractivity contribution is 0.597. The molecular weight excluding hydrogens is 146 g/mol. The van der Waals surface area contributed by atoms with Crippen molar-refractivity contribution in [1.29, 1.82) is 0 Å². The average molecular weight is 163 g/mol. The molecule has 0 aromatic rings. The molecule has 0 aromatic heterocycles. The molecule has 1 nitrogen and oxygen atoms in total. The molecule has 0 aliphatic carbocycles. The number of aliphatic imine (C=N–C) groups is 1. The van der Waals surface area contributed by atoms with Crippen LogP contribution in [0.15, 0.2) is 28.9 Å². The molecule has 0 spiro atoms. The van der Waals surface area contributed by atoms with E-state index in [9.17, 15) is 0 Å². The smallest absolute Gasteiger partial charge is 0.0427 e. The molecule has 1 heterocycles. The lowest BCUT2D eigenvalue weighted by Crippen LogP contribution is -1.96. The lowest BCUT2D eigenvalue weighted by Gasteiger charge is -2.09. The highest BCUT2D eigenvalue weighted by molar-refractivity contribution is 5.62. The normalized spacial score (nSPS) is 18.7. The van der Waals surface area contributed by atoms with Crippen molar-refractivity contribution in [2.45, 2.75) is 33.1 Å². The molecule has 0 radical (unpaired) electrons. The summed E-state index contributed by atoms with van der Waals surface area (Å²) in [5.74, 6) is 0.606. The van der Waals surface area contributed by atoms with Gasteiger partial charge in [0.1, 0.15) is 0 Å². The van der Waals surface area contributed by atoms with E-state index < -0.39 is 0 Å². The van der Waals surface area contributed by atoms with E-state index in [0.29, 0.717) is 5.92 Å². The Kier molecular flexibility index (Phi) is 3.78. The summed E-state index contributed by atoms with van der Waals surface area (Å²) in [4.78, 5) is 4.42. The summed E-state index contributed by atoms with van der Waals surface area (Å²) in [6, 6.07) is 0. The summed E-state index contributed by atoms with van der Waals surface area (Å²) in [6.07, 6.45) is 11.8. The van der Waals surface area contributed by atoms with Gasteiger partial charge in [-0.05, 0) is 18.4 Å². The Morgan fingerprint density at radius 2 is 2.42 bits per heavy atom. The minimum Gasteiger partial charge on any atom is -0.265 e. The number of rotatable bonds is 3. The molecule has 1 rings (SSSR count). The second-order valence-electron chi connectivity index (χ2n) is 3.26. The minimum absolute atomic E-state index is 0.606. The van der Waals surface area contributed by atoms with Gasteiger partial charge in [-0.2, -0.15) is 0 Å². The van der Waals surface area contributed by atoms with Crippen LogP contribution < -0.4 is 0 Å². The zero-order valence-corrected chi connectivity index (χ0v) is 7.96. The number of hydrogen-bond donors (Lipinski definition) is 0. The highest BCUT2D eigenvalue weighted by Crippen LogP contribution is 2.18. The largest absolute Gasteiger partial charge is 0.265 e. The van der Waals surface area contributed by atoms with Gasteiger partial charge in [-0.25, -0.2) is 0 Å². The van der Waals surface area contributed by atoms with Crippen LogP contribution >= 0.6 is 0 Å². The Labute approximate surface area is 74.9 Å². The molecule has 1 heteroatoms. The fourth-order valence-electron chi connectivity index (χ4n) is 1.38. The predicted octanol–water partition coefficient (Wildman–Crippen LogP) is 3.34. The Balaban J connectivity index is 2.59. The Hall–Kier alpha value is -0.850. The monoisotopic (exact) mass is 163 g/mol. The molecule has 66 valence electrons. The fraction of sp³-hybridized carbons (Fsp3) is 0.545. The van der Waals surface area contributed by atoms with Crippen LogP contribution in [0.5, 0.6) is 0 Å². The second-order valence-corrected chi connectivity index (χ2v) is 3.26. The van der Waals surface area contributed by atoms with Crippen LogP contribution in [0.3, 0.4) is 0 Å². The van der Waals surface area contributed by atoms with Crippen LogP contribution in [0, 0.1) is 5.92 Å². The fourth-order valence-corrected chi connectivity index (χ4v) is 1.38. The molecule has 0 fully saturated rings. The summed E-state index contributed by atoms with van der Waals surface area (Å²) < 4.78 is 0. The molecular formula is C11H17N. The van der Waals surface area contributed by atoms with Gasteiger partial charge >= 0.3 is 0 Å². The van der Waals surface area contributed by atoms with Gasteiger partial charge in [0.15, 0.2) is 0 Å². The van der Waals surface area contributed by atoms with Gasteiger partial charge < -0.3 is 0 Å². The molecule has 0 amide bonds. The third-order valence-corrected chi connectivity index (χ3v) is 2.11. The van der Waals surface area contributed by atoms with Crippen molar-refractivity contribution < 1.29 is 0 Å². The third kappa shape index (κ3) is 2.65. The topological polar surface area (TPSA) is 12.4 Å². The average Bonchev–Trinajstić information content (AvgIpc) is 2.32. The van der Waals surface area contributed by atoms with E-state index in [1.165, 1.54) is 18.5 Å². The third-order valence-electron chi connectivity index (χ3n) is 2.11. The van der Waals surface area contributed by atoms with Crippen molar-refractivity contribution in [3.8, 4) is 0 Å². The quantitative estimate of drug-likeness (QED) is 0.605. The van der Waals surface area contributed by atoms with Crippen molar-refractivity contribution >= 4 is 6.21 Å². The van der Waals surface area contributed by atoms with E-state index in [2.05, 4.69) is 37.1 Å². The SMILES string of the molecule is CCCC(C)C1=CC=CCC=N1. The molecule has 1 unspecified atom stereocenters. The van der Waals surface area contributed by atoms with Crippen molar-refractivity contribution in [3.05, 3.63) is 23.9 Å². The maximum atomic E-state index is 4.42.